The van der Waals surface area contributed by atoms with Crippen LogP contribution < -0.4 is 5.32 Å². The lowest BCUT2D eigenvalue weighted by molar-refractivity contribution is 0.143. The van der Waals surface area contributed by atoms with E-state index in [9.17, 15) is 0 Å². The second-order valence-electron chi connectivity index (χ2n) is 5.92. The Bertz CT molecular complexity index is 648. The molecule has 1 saturated heterocycles. The van der Waals surface area contributed by atoms with E-state index in [1.807, 2.05) is 6.07 Å². The number of nitrogens with zero attached hydrogens (tertiary/aromatic N) is 1. The second-order valence-corrected chi connectivity index (χ2v) is 6.33. The summed E-state index contributed by atoms with van der Waals surface area (Å²) >= 11 is 6.56. The topological polar surface area (TPSA) is 15.3 Å². The van der Waals surface area contributed by atoms with E-state index >= 15 is 0 Å². The van der Waals surface area contributed by atoms with E-state index in [1.165, 1.54) is 16.7 Å². The monoisotopic (exact) mass is 370 g/mol. The molecular formula is C18H21Cl3N2. The molecule has 4 rings (SSSR count). The molecule has 0 amide bonds. The minimum absolute atomic E-state index is 0. The van der Waals surface area contributed by atoms with Gasteiger partial charge in [0.15, 0.2) is 0 Å². The number of benzene rings is 2. The number of piperazine rings is 1. The summed E-state index contributed by atoms with van der Waals surface area (Å²) in [5, 5.41) is 4.42. The zero-order valence-electron chi connectivity index (χ0n) is 12.7. The van der Waals surface area contributed by atoms with E-state index in [-0.39, 0.29) is 24.8 Å². The molecule has 1 N–H and O–H groups in total. The largest absolute Gasteiger partial charge is 0.314 e. The van der Waals surface area contributed by atoms with Crippen LogP contribution in [0.4, 0.5) is 0 Å². The fourth-order valence-electron chi connectivity index (χ4n) is 3.76. The first kappa shape index (κ1) is 18.6. The third-order valence-corrected chi connectivity index (χ3v) is 5.10. The molecule has 0 saturated carbocycles. The van der Waals surface area contributed by atoms with E-state index in [0.717, 1.165) is 31.2 Å². The van der Waals surface area contributed by atoms with Gasteiger partial charge in [0.25, 0.3) is 0 Å². The van der Waals surface area contributed by atoms with E-state index in [4.69, 9.17) is 11.6 Å². The first-order chi connectivity index (χ1) is 10.3. The van der Waals surface area contributed by atoms with Crippen molar-refractivity contribution in [3.8, 4) is 0 Å². The quantitative estimate of drug-likeness (QED) is 0.805. The van der Waals surface area contributed by atoms with Gasteiger partial charge in [-0.2, -0.15) is 0 Å². The van der Waals surface area contributed by atoms with Gasteiger partial charge in [-0.1, -0.05) is 54.1 Å². The minimum atomic E-state index is 0. The maximum Gasteiger partial charge on any atom is 0.0491 e. The molecular weight excluding hydrogens is 351 g/mol. The highest BCUT2D eigenvalue weighted by Crippen LogP contribution is 2.42. The number of nitrogens with one attached hydrogen (secondary N) is 1. The van der Waals surface area contributed by atoms with Crippen LogP contribution in [0.3, 0.4) is 0 Å². The number of rotatable bonds is 1. The van der Waals surface area contributed by atoms with Gasteiger partial charge in [-0.25, -0.2) is 0 Å². The number of hydrogen-bond acceptors (Lipinski definition) is 2. The van der Waals surface area contributed by atoms with Gasteiger partial charge >= 0.3 is 0 Å². The fraction of sp³-hybridized carbons (Fsp3) is 0.333. The van der Waals surface area contributed by atoms with Crippen LogP contribution in [0, 0.1) is 0 Å². The summed E-state index contributed by atoms with van der Waals surface area (Å²) < 4.78 is 0. The lowest BCUT2D eigenvalue weighted by Gasteiger charge is -2.44. The molecule has 2 heterocycles. The number of halogens is 3. The molecule has 0 aromatic heterocycles. The SMILES string of the molecule is Cl.Cl.Clc1cccc2c1C1CNCCN1CC2c1ccccc1. The van der Waals surface area contributed by atoms with E-state index in [0.29, 0.717) is 12.0 Å². The molecule has 2 atom stereocenters. The Kier molecular flexibility index (Phi) is 6.35. The highest BCUT2D eigenvalue weighted by Gasteiger charge is 2.36. The van der Waals surface area contributed by atoms with Crippen molar-refractivity contribution < 1.29 is 0 Å². The molecule has 2 aliphatic rings. The molecule has 0 radical (unpaired) electrons. The highest BCUT2D eigenvalue weighted by molar-refractivity contribution is 6.31. The van der Waals surface area contributed by atoms with Crippen LogP contribution in [0.2, 0.25) is 5.02 Å². The van der Waals surface area contributed by atoms with Crippen LogP contribution in [0.1, 0.15) is 28.7 Å². The van der Waals surface area contributed by atoms with Crippen molar-refractivity contribution in [2.75, 3.05) is 26.2 Å². The molecule has 0 aliphatic carbocycles. The predicted molar refractivity (Wildman–Crippen MR) is 101 cm³/mol. The van der Waals surface area contributed by atoms with Gasteiger partial charge in [0.1, 0.15) is 0 Å². The minimum Gasteiger partial charge on any atom is -0.314 e. The van der Waals surface area contributed by atoms with Crippen LogP contribution in [-0.2, 0) is 0 Å². The first-order valence-electron chi connectivity index (χ1n) is 7.62. The molecule has 5 heteroatoms. The fourth-order valence-corrected chi connectivity index (χ4v) is 4.07. The van der Waals surface area contributed by atoms with Crippen LogP contribution in [0.5, 0.6) is 0 Å². The maximum absolute atomic E-state index is 6.56. The van der Waals surface area contributed by atoms with Crippen molar-refractivity contribution in [2.45, 2.75) is 12.0 Å². The van der Waals surface area contributed by atoms with Crippen molar-refractivity contribution in [3.63, 3.8) is 0 Å². The van der Waals surface area contributed by atoms with Gasteiger partial charge in [-0.3, -0.25) is 4.90 Å². The third kappa shape index (κ3) is 3.38. The van der Waals surface area contributed by atoms with Crippen LogP contribution >= 0.6 is 36.4 Å². The highest BCUT2D eigenvalue weighted by atomic mass is 35.5. The number of hydrogen-bond donors (Lipinski definition) is 1. The van der Waals surface area contributed by atoms with Crippen LogP contribution in [0.25, 0.3) is 0 Å². The van der Waals surface area contributed by atoms with Crippen LogP contribution in [-0.4, -0.2) is 31.1 Å². The Balaban J connectivity index is 0.000000960. The summed E-state index contributed by atoms with van der Waals surface area (Å²) in [6, 6.07) is 17.6. The van der Waals surface area contributed by atoms with Crippen molar-refractivity contribution >= 4 is 36.4 Å². The lowest BCUT2D eigenvalue weighted by atomic mass is 9.80. The summed E-state index contributed by atoms with van der Waals surface area (Å²) in [5.74, 6) is 0.425. The average Bonchev–Trinajstić information content (AvgIpc) is 2.55. The Morgan fingerprint density at radius 3 is 2.57 bits per heavy atom. The Morgan fingerprint density at radius 2 is 1.78 bits per heavy atom. The van der Waals surface area contributed by atoms with Crippen molar-refractivity contribution in [2.24, 2.45) is 0 Å². The molecule has 2 aromatic carbocycles. The summed E-state index contributed by atoms with van der Waals surface area (Å²) in [5.41, 5.74) is 4.11. The van der Waals surface area contributed by atoms with Crippen LogP contribution in [0.15, 0.2) is 48.5 Å². The van der Waals surface area contributed by atoms with Gasteiger partial charge in [-0.05, 0) is 22.8 Å². The molecule has 2 aliphatic heterocycles. The van der Waals surface area contributed by atoms with Gasteiger partial charge in [-0.15, -0.1) is 24.8 Å². The normalized spacial score (nSPS) is 23.0. The molecule has 0 bridgehead atoms. The second kappa shape index (κ2) is 7.87. The van der Waals surface area contributed by atoms with Gasteiger partial charge in [0.2, 0.25) is 0 Å². The Labute approximate surface area is 155 Å². The Morgan fingerprint density at radius 1 is 1.00 bits per heavy atom. The summed E-state index contributed by atoms with van der Waals surface area (Å²) in [6.07, 6.45) is 0. The summed E-state index contributed by atoms with van der Waals surface area (Å²) in [7, 11) is 0. The molecule has 2 aromatic rings. The van der Waals surface area contributed by atoms with Gasteiger partial charge < -0.3 is 5.32 Å². The average molecular weight is 372 g/mol. The number of fused-ring (bicyclic) bond motifs is 3. The zero-order valence-corrected chi connectivity index (χ0v) is 15.1. The van der Waals surface area contributed by atoms with E-state index in [2.05, 4.69) is 52.7 Å². The molecule has 0 spiro atoms. The third-order valence-electron chi connectivity index (χ3n) is 4.77. The summed E-state index contributed by atoms with van der Waals surface area (Å²) in [6.45, 7) is 4.25. The standard InChI is InChI=1S/C18H19ClN2.2ClH/c19-16-8-4-7-14-15(13-5-2-1-3-6-13)12-21-10-9-20-11-17(21)18(14)16;;/h1-8,15,17,20H,9-12H2;2*1H. The maximum atomic E-state index is 6.56. The smallest absolute Gasteiger partial charge is 0.0491 e. The molecule has 2 unspecified atom stereocenters. The van der Waals surface area contributed by atoms with Crippen molar-refractivity contribution in [1.29, 1.82) is 0 Å². The molecule has 124 valence electrons. The first-order valence-corrected chi connectivity index (χ1v) is 8.00. The lowest BCUT2D eigenvalue weighted by Crippen LogP contribution is -2.50. The Hall–Kier alpha value is -0.770. The molecule has 23 heavy (non-hydrogen) atoms. The predicted octanol–water partition coefficient (Wildman–Crippen LogP) is 4.28. The van der Waals surface area contributed by atoms with Crippen molar-refractivity contribution in [1.82, 2.24) is 10.2 Å². The van der Waals surface area contributed by atoms with E-state index in [1.54, 1.807) is 0 Å². The van der Waals surface area contributed by atoms with Gasteiger partial charge in [0.05, 0.1) is 0 Å². The van der Waals surface area contributed by atoms with Gasteiger partial charge in [0, 0.05) is 43.2 Å². The van der Waals surface area contributed by atoms with E-state index < -0.39 is 0 Å². The summed E-state index contributed by atoms with van der Waals surface area (Å²) in [4.78, 5) is 2.59. The zero-order chi connectivity index (χ0) is 14.2. The molecule has 1 fully saturated rings. The molecule has 2 nitrogen and oxygen atoms in total. The van der Waals surface area contributed by atoms with Crippen molar-refractivity contribution in [3.05, 3.63) is 70.2 Å².